The van der Waals surface area contributed by atoms with Gasteiger partial charge in [0, 0.05) is 26.2 Å². The molecule has 0 saturated heterocycles. The molecule has 0 unspecified atom stereocenters. The number of nitriles is 2. The minimum Gasteiger partial charge on any atom is -0.492 e. The van der Waals surface area contributed by atoms with Gasteiger partial charge in [0.05, 0.1) is 64.2 Å². The molecule has 0 aliphatic rings. The molecule has 0 atom stereocenters. The van der Waals surface area contributed by atoms with E-state index < -0.39 is 0 Å². The fraction of sp³-hybridized carbons (Fsp3) is 0.250. The van der Waals surface area contributed by atoms with Crippen molar-refractivity contribution in [2.24, 2.45) is 24.1 Å². The summed E-state index contributed by atoms with van der Waals surface area (Å²) >= 11 is 6.20. The van der Waals surface area contributed by atoms with Crippen LogP contribution >= 0.6 is 45.3 Å². The largest absolute Gasteiger partial charge is 0.492 e. The van der Waals surface area contributed by atoms with Crippen LogP contribution in [0.5, 0.6) is 11.5 Å². The number of ether oxygens (including phenoxy) is 2. The van der Waals surface area contributed by atoms with Crippen LogP contribution in [0.4, 0.5) is 10.0 Å². The third-order valence-electron chi connectivity index (χ3n) is 7.06. The van der Waals surface area contributed by atoms with Crippen molar-refractivity contribution in [2.45, 2.75) is 26.7 Å². The van der Waals surface area contributed by atoms with Gasteiger partial charge in [0.15, 0.2) is 0 Å². The van der Waals surface area contributed by atoms with Crippen molar-refractivity contribution in [1.29, 1.82) is 10.5 Å². The smallest absolute Gasteiger partial charge is 0.350 e. The van der Waals surface area contributed by atoms with Crippen molar-refractivity contribution < 1.29 is 9.47 Å². The van der Waals surface area contributed by atoms with E-state index in [2.05, 4.69) is 55.0 Å². The van der Waals surface area contributed by atoms with Gasteiger partial charge < -0.3 is 28.3 Å². The maximum atomic E-state index is 9.22. The molecule has 0 fully saturated rings. The standard InChI is InChI=1S/C32H24N8O2S4/c1-7-9-41-19-13-25(37-23(15-33)35-3)45-31(19)21-11-17-29(43-21)27-28(39(17)5)30-18(40(27)6)12-22(44-30)32-20(42-10-8-2)14-26(46-32)38-24(16-34)36-4/h11-14H,7-10H2,1-2,5-6H3. The summed E-state index contributed by atoms with van der Waals surface area (Å²) in [7, 11) is 4.16. The summed E-state index contributed by atoms with van der Waals surface area (Å²) in [6.07, 6.45) is 1.70. The summed E-state index contributed by atoms with van der Waals surface area (Å²) in [5.41, 5.74) is 4.47. The monoisotopic (exact) mass is 680 g/mol. The fourth-order valence-electron chi connectivity index (χ4n) is 5.08. The molecule has 0 aliphatic heterocycles. The lowest BCUT2D eigenvalue weighted by Gasteiger charge is -2.04. The number of aryl methyl sites for hydroxylation is 2. The maximum Gasteiger partial charge on any atom is 0.350 e. The number of hydrogen-bond donors (Lipinski definition) is 0. The van der Waals surface area contributed by atoms with Crippen LogP contribution in [0.2, 0.25) is 0 Å². The highest BCUT2D eigenvalue weighted by Gasteiger charge is 2.26. The lowest BCUT2D eigenvalue weighted by molar-refractivity contribution is 0.320. The van der Waals surface area contributed by atoms with E-state index in [1.54, 1.807) is 34.8 Å². The third-order valence-corrected chi connectivity index (χ3v) is 11.7. The van der Waals surface area contributed by atoms with E-state index in [9.17, 15) is 10.5 Å². The Balaban J connectivity index is 1.47. The van der Waals surface area contributed by atoms with E-state index in [-0.39, 0.29) is 11.7 Å². The highest BCUT2D eigenvalue weighted by molar-refractivity contribution is 7.29. The summed E-state index contributed by atoms with van der Waals surface area (Å²) < 4.78 is 18.9. The summed E-state index contributed by atoms with van der Waals surface area (Å²) in [5, 5.41) is 19.6. The fourth-order valence-corrected chi connectivity index (χ4v) is 9.78. The summed E-state index contributed by atoms with van der Waals surface area (Å²) in [6, 6.07) is 11.6. The highest BCUT2D eigenvalue weighted by atomic mass is 32.1. The lowest BCUT2D eigenvalue weighted by Crippen LogP contribution is -1.94. The number of amidine groups is 2. The molecule has 6 aromatic heterocycles. The van der Waals surface area contributed by atoms with Gasteiger partial charge in [-0.3, -0.25) is 0 Å². The van der Waals surface area contributed by atoms with Crippen LogP contribution in [-0.2, 0) is 14.1 Å². The van der Waals surface area contributed by atoms with Gasteiger partial charge in [-0.1, -0.05) is 59.7 Å². The Hall–Kier alpha value is -4.96. The van der Waals surface area contributed by atoms with Crippen LogP contribution < -0.4 is 9.47 Å². The van der Waals surface area contributed by atoms with Gasteiger partial charge in [-0.05, 0) is 25.0 Å². The molecule has 0 saturated carbocycles. The average Bonchev–Trinajstić information content (AvgIpc) is 3.90. The van der Waals surface area contributed by atoms with Gasteiger partial charge in [0.1, 0.15) is 23.6 Å². The molecule has 0 radical (unpaired) electrons. The SMILES string of the molecule is [C-]#[N+]C(C#N)=Nc1cc(OCCC)c(-c2cc3c(s2)c2c(c4sc(-c5sc(N=C(C#N)[N+]#[C-])cc5OCCC)cc4n2C)n3C)s1. The van der Waals surface area contributed by atoms with E-state index in [0.29, 0.717) is 34.7 Å². The molecule has 14 heteroatoms. The molecule has 6 rings (SSSR count). The van der Waals surface area contributed by atoms with Crippen LogP contribution in [0.25, 0.3) is 60.7 Å². The second-order valence-electron chi connectivity index (χ2n) is 10.0. The number of aromatic nitrogens is 2. The molecule has 0 aliphatic carbocycles. The molecule has 0 aromatic carbocycles. The lowest BCUT2D eigenvalue weighted by atomic mass is 10.3. The second-order valence-corrected chi connectivity index (χ2v) is 14.2. The van der Waals surface area contributed by atoms with Crippen LogP contribution in [0, 0.1) is 35.8 Å². The van der Waals surface area contributed by atoms with Crippen LogP contribution in [0.15, 0.2) is 34.3 Å². The van der Waals surface area contributed by atoms with Crippen molar-refractivity contribution in [3.8, 4) is 43.1 Å². The van der Waals surface area contributed by atoms with E-state index >= 15 is 0 Å². The van der Waals surface area contributed by atoms with Crippen LogP contribution in [-0.4, -0.2) is 34.0 Å². The van der Waals surface area contributed by atoms with Gasteiger partial charge >= 0.3 is 11.7 Å². The normalized spacial score (nSPS) is 12.0. The number of nitrogens with zero attached hydrogens (tertiary/aromatic N) is 8. The second kappa shape index (κ2) is 12.8. The van der Waals surface area contributed by atoms with Gasteiger partial charge in [0.25, 0.3) is 0 Å². The Labute approximate surface area is 280 Å². The van der Waals surface area contributed by atoms with Crippen molar-refractivity contribution in [2.75, 3.05) is 13.2 Å². The Morgan fingerprint density at radius 2 is 1.15 bits per heavy atom. The topological polar surface area (TPSA) is 109 Å². The zero-order valence-electron chi connectivity index (χ0n) is 25.2. The molecular weight excluding hydrogens is 657 g/mol. The zero-order valence-corrected chi connectivity index (χ0v) is 28.4. The van der Waals surface area contributed by atoms with Gasteiger partial charge in [-0.2, -0.15) is 0 Å². The summed E-state index contributed by atoms with van der Waals surface area (Å²) in [4.78, 5) is 18.8. The first kappa shape index (κ1) is 31.0. The Kier molecular flexibility index (Phi) is 8.64. The van der Waals surface area contributed by atoms with Gasteiger partial charge in [-0.25, -0.2) is 10.5 Å². The molecule has 0 amide bonds. The first-order chi connectivity index (χ1) is 22.3. The number of fused-ring (bicyclic) bond motifs is 5. The summed E-state index contributed by atoms with van der Waals surface area (Å²) in [5.74, 6) is 0.989. The first-order valence-corrected chi connectivity index (χ1v) is 17.4. The number of aliphatic imine (C=N–C) groups is 2. The van der Waals surface area contributed by atoms with Gasteiger partial charge in [0.2, 0.25) is 10.0 Å². The molecule has 6 heterocycles. The molecule has 46 heavy (non-hydrogen) atoms. The van der Waals surface area contributed by atoms with E-state index in [1.807, 2.05) is 26.0 Å². The van der Waals surface area contributed by atoms with Crippen molar-refractivity contribution in [3.63, 3.8) is 0 Å². The number of thiophene rings is 4. The Bertz CT molecular complexity index is 2180. The third kappa shape index (κ3) is 5.32. The van der Waals surface area contributed by atoms with E-state index in [0.717, 1.165) is 63.8 Å². The molecular formula is C32H24N8O2S4. The molecule has 0 bridgehead atoms. The van der Waals surface area contributed by atoms with Crippen molar-refractivity contribution in [1.82, 2.24) is 9.13 Å². The number of rotatable bonds is 10. The molecule has 228 valence electrons. The van der Waals surface area contributed by atoms with Crippen molar-refractivity contribution in [3.05, 3.63) is 47.1 Å². The Morgan fingerprint density at radius 3 is 1.50 bits per heavy atom. The van der Waals surface area contributed by atoms with Gasteiger partial charge in [-0.15, -0.1) is 22.7 Å². The van der Waals surface area contributed by atoms with Crippen LogP contribution in [0.1, 0.15) is 26.7 Å². The van der Waals surface area contributed by atoms with Crippen LogP contribution in [0.3, 0.4) is 0 Å². The van der Waals surface area contributed by atoms with E-state index in [1.165, 1.54) is 22.7 Å². The quantitative estimate of drug-likeness (QED) is 0.0815. The maximum absolute atomic E-state index is 9.22. The minimum absolute atomic E-state index is 0.207. The zero-order chi connectivity index (χ0) is 32.5. The predicted molar refractivity (Wildman–Crippen MR) is 189 cm³/mol. The molecule has 0 N–H and O–H groups in total. The Morgan fingerprint density at radius 1 is 0.739 bits per heavy atom. The molecule has 10 nitrogen and oxygen atoms in total. The highest BCUT2D eigenvalue weighted by Crippen LogP contribution is 2.52. The first-order valence-electron chi connectivity index (χ1n) is 14.1. The average molecular weight is 681 g/mol. The molecule has 6 aromatic rings. The predicted octanol–water partition coefficient (Wildman–Crippen LogP) is 9.93. The van der Waals surface area contributed by atoms with Crippen molar-refractivity contribution >= 4 is 98.5 Å². The van der Waals surface area contributed by atoms with E-state index in [4.69, 9.17) is 22.6 Å². The summed E-state index contributed by atoms with van der Waals surface area (Å²) in [6.45, 7) is 19.6. The molecule has 0 spiro atoms. The number of hydrogen-bond acceptors (Lipinski definition) is 10. The minimum atomic E-state index is -0.207.